The Balaban J connectivity index is 3.00. The summed E-state index contributed by atoms with van der Waals surface area (Å²) < 4.78 is 27.2. The normalized spacial score (nSPS) is 13.5. The van der Waals surface area contributed by atoms with Crippen LogP contribution in [0, 0.1) is 0 Å². The van der Waals surface area contributed by atoms with Gasteiger partial charge in [-0.2, -0.15) is 0 Å². The molecule has 0 fully saturated rings. The molecule has 4 nitrogen and oxygen atoms in total. The number of sulfonamides is 1. The maximum Gasteiger partial charge on any atom is 0.241 e. The van der Waals surface area contributed by atoms with E-state index in [0.29, 0.717) is 6.42 Å². The third-order valence-electron chi connectivity index (χ3n) is 3.18. The van der Waals surface area contributed by atoms with Crippen LogP contribution in [0.5, 0.6) is 0 Å². The van der Waals surface area contributed by atoms with Crippen LogP contribution in [-0.2, 0) is 15.4 Å². The van der Waals surface area contributed by atoms with Crippen LogP contribution < -0.4 is 4.72 Å². The quantitative estimate of drug-likeness (QED) is 0.877. The third kappa shape index (κ3) is 4.58. The van der Waals surface area contributed by atoms with Gasteiger partial charge in [0.2, 0.25) is 10.0 Å². The van der Waals surface area contributed by atoms with E-state index in [2.05, 4.69) is 25.5 Å². The van der Waals surface area contributed by atoms with Gasteiger partial charge in [0.05, 0.1) is 4.90 Å². The van der Waals surface area contributed by atoms with Gasteiger partial charge >= 0.3 is 0 Å². The molecule has 20 heavy (non-hydrogen) atoms. The highest BCUT2D eigenvalue weighted by atomic mass is 32.2. The van der Waals surface area contributed by atoms with Gasteiger partial charge in [-0.25, -0.2) is 13.1 Å². The number of hydrogen-bond acceptors (Lipinski definition) is 3. The first kappa shape index (κ1) is 17.1. The van der Waals surface area contributed by atoms with E-state index < -0.39 is 15.6 Å². The van der Waals surface area contributed by atoms with Crippen LogP contribution in [0.25, 0.3) is 0 Å². The molecule has 114 valence electrons. The molecule has 0 aromatic heterocycles. The molecule has 1 aromatic carbocycles. The zero-order valence-corrected chi connectivity index (χ0v) is 13.7. The molecule has 0 bridgehead atoms. The Bertz CT molecular complexity index is 539. The summed E-state index contributed by atoms with van der Waals surface area (Å²) in [5.41, 5.74) is 0.411. The molecule has 1 aromatic rings. The molecule has 0 radical (unpaired) electrons. The van der Waals surface area contributed by atoms with Crippen molar-refractivity contribution in [2.24, 2.45) is 0 Å². The second-order valence-electron chi connectivity index (χ2n) is 6.74. The summed E-state index contributed by atoms with van der Waals surface area (Å²) in [5, 5.41) is 8.96. The first-order valence-electron chi connectivity index (χ1n) is 6.73. The molecule has 0 saturated carbocycles. The fourth-order valence-electron chi connectivity index (χ4n) is 1.89. The molecular formula is C15H25NO3S. The lowest BCUT2D eigenvalue weighted by atomic mass is 9.87. The summed E-state index contributed by atoms with van der Waals surface area (Å²) in [4.78, 5) is 0.247. The molecule has 0 aliphatic rings. The Hall–Kier alpha value is -0.910. The van der Waals surface area contributed by atoms with Gasteiger partial charge < -0.3 is 5.11 Å². The molecule has 0 aliphatic carbocycles. The Morgan fingerprint density at radius 3 is 1.95 bits per heavy atom. The highest BCUT2D eigenvalue weighted by Crippen LogP contribution is 2.24. The molecule has 0 heterocycles. The van der Waals surface area contributed by atoms with Crippen molar-refractivity contribution in [2.75, 3.05) is 6.61 Å². The molecule has 0 aliphatic heterocycles. The lowest BCUT2D eigenvalue weighted by Gasteiger charge is -2.25. The van der Waals surface area contributed by atoms with Crippen molar-refractivity contribution in [1.29, 1.82) is 0 Å². The minimum atomic E-state index is -3.56. The van der Waals surface area contributed by atoms with Crippen LogP contribution >= 0.6 is 0 Å². The lowest BCUT2D eigenvalue weighted by Crippen LogP contribution is -2.43. The van der Waals surface area contributed by atoms with Gasteiger partial charge in [-0.1, -0.05) is 32.9 Å². The number of aliphatic hydroxyl groups is 1. The maximum atomic E-state index is 12.3. The van der Waals surface area contributed by atoms with Crippen molar-refractivity contribution in [3.8, 4) is 0 Å². The predicted octanol–water partition coefficient (Wildman–Crippen LogP) is 2.42. The van der Waals surface area contributed by atoms with E-state index in [0.717, 1.165) is 5.56 Å². The summed E-state index contributed by atoms with van der Waals surface area (Å²) >= 11 is 0. The average molecular weight is 299 g/mol. The van der Waals surface area contributed by atoms with Crippen LogP contribution in [0.2, 0.25) is 0 Å². The highest BCUT2D eigenvalue weighted by molar-refractivity contribution is 7.89. The van der Waals surface area contributed by atoms with Crippen molar-refractivity contribution in [3.05, 3.63) is 29.8 Å². The van der Waals surface area contributed by atoms with Crippen LogP contribution in [0.1, 0.15) is 46.6 Å². The number of aliphatic hydroxyl groups excluding tert-OH is 1. The average Bonchev–Trinajstić information content (AvgIpc) is 2.26. The monoisotopic (exact) mass is 299 g/mol. The zero-order chi connectivity index (χ0) is 15.6. The number of nitrogens with one attached hydrogen (secondary N) is 1. The van der Waals surface area contributed by atoms with Crippen molar-refractivity contribution in [2.45, 2.75) is 56.9 Å². The summed E-state index contributed by atoms with van der Waals surface area (Å²) in [5.74, 6) is 0. The van der Waals surface area contributed by atoms with Crippen LogP contribution in [0.3, 0.4) is 0 Å². The van der Waals surface area contributed by atoms with Crippen LogP contribution in [-0.4, -0.2) is 25.7 Å². The standard InChI is InChI=1S/C15H25NO3S/c1-14(2,3)12-6-8-13(9-7-12)20(18,19)16-15(4,5)10-11-17/h6-9,16-17H,10-11H2,1-5H3. The minimum absolute atomic E-state index is 0.00806. The topological polar surface area (TPSA) is 66.4 Å². The maximum absolute atomic E-state index is 12.3. The predicted molar refractivity (Wildman–Crippen MR) is 81.2 cm³/mol. The Kier molecular flexibility index (Phi) is 5.00. The van der Waals surface area contributed by atoms with Gasteiger partial charge in [0.25, 0.3) is 0 Å². The Morgan fingerprint density at radius 1 is 1.05 bits per heavy atom. The smallest absolute Gasteiger partial charge is 0.241 e. The van der Waals surface area contributed by atoms with Crippen molar-refractivity contribution >= 4 is 10.0 Å². The third-order valence-corrected chi connectivity index (χ3v) is 4.89. The van der Waals surface area contributed by atoms with Crippen LogP contribution in [0.15, 0.2) is 29.2 Å². The van der Waals surface area contributed by atoms with Gasteiger partial charge in [0.15, 0.2) is 0 Å². The Morgan fingerprint density at radius 2 is 1.55 bits per heavy atom. The number of benzene rings is 1. The zero-order valence-electron chi connectivity index (χ0n) is 12.9. The van der Waals surface area contributed by atoms with Crippen molar-refractivity contribution in [3.63, 3.8) is 0 Å². The fraction of sp³-hybridized carbons (Fsp3) is 0.600. The summed E-state index contributed by atoms with van der Waals surface area (Å²) in [7, 11) is -3.56. The Labute approximate surface area is 122 Å². The van der Waals surface area contributed by atoms with E-state index in [1.807, 2.05) is 12.1 Å². The molecule has 5 heteroatoms. The van der Waals surface area contributed by atoms with Gasteiger partial charge in [0, 0.05) is 12.1 Å². The van der Waals surface area contributed by atoms with Gasteiger partial charge in [-0.05, 0) is 43.4 Å². The molecule has 0 amide bonds. The first-order chi connectivity index (χ1) is 8.98. The molecule has 0 saturated heterocycles. The lowest BCUT2D eigenvalue weighted by molar-refractivity contribution is 0.245. The molecule has 0 unspecified atom stereocenters. The van der Waals surface area contributed by atoms with Gasteiger partial charge in [-0.3, -0.25) is 0 Å². The van der Waals surface area contributed by atoms with E-state index in [1.165, 1.54) is 0 Å². The molecular weight excluding hydrogens is 274 g/mol. The number of hydrogen-bond donors (Lipinski definition) is 2. The highest BCUT2D eigenvalue weighted by Gasteiger charge is 2.26. The van der Waals surface area contributed by atoms with E-state index in [1.54, 1.807) is 26.0 Å². The fourth-order valence-corrected chi connectivity index (χ4v) is 3.33. The van der Waals surface area contributed by atoms with Crippen LogP contribution in [0.4, 0.5) is 0 Å². The molecule has 1 rings (SSSR count). The minimum Gasteiger partial charge on any atom is -0.396 e. The largest absolute Gasteiger partial charge is 0.396 e. The van der Waals surface area contributed by atoms with E-state index in [9.17, 15) is 8.42 Å². The van der Waals surface area contributed by atoms with Crippen molar-refractivity contribution in [1.82, 2.24) is 4.72 Å². The van der Waals surface area contributed by atoms with E-state index in [-0.39, 0.29) is 16.9 Å². The molecule has 2 N–H and O–H groups in total. The SMILES string of the molecule is CC(C)(CCO)NS(=O)(=O)c1ccc(C(C)(C)C)cc1. The van der Waals surface area contributed by atoms with Gasteiger partial charge in [0.1, 0.15) is 0 Å². The van der Waals surface area contributed by atoms with E-state index in [4.69, 9.17) is 5.11 Å². The second-order valence-corrected chi connectivity index (χ2v) is 8.42. The summed E-state index contributed by atoms with van der Waals surface area (Å²) in [6.45, 7) is 9.70. The number of rotatable bonds is 5. The summed E-state index contributed by atoms with van der Waals surface area (Å²) in [6.07, 6.45) is 0.367. The molecule has 0 spiro atoms. The second kappa shape index (κ2) is 5.84. The van der Waals surface area contributed by atoms with Gasteiger partial charge in [-0.15, -0.1) is 0 Å². The van der Waals surface area contributed by atoms with E-state index >= 15 is 0 Å². The van der Waals surface area contributed by atoms with Crippen molar-refractivity contribution < 1.29 is 13.5 Å². The summed E-state index contributed by atoms with van der Waals surface area (Å²) in [6, 6.07) is 6.93. The first-order valence-corrected chi connectivity index (χ1v) is 8.22. The molecule has 0 atom stereocenters.